The zero-order valence-corrected chi connectivity index (χ0v) is 13.9. The predicted octanol–water partition coefficient (Wildman–Crippen LogP) is 2.63. The molecule has 0 radical (unpaired) electrons. The van der Waals surface area contributed by atoms with Gasteiger partial charge in [0.1, 0.15) is 0 Å². The number of rotatable bonds is 1. The molecule has 1 saturated heterocycles. The lowest BCUT2D eigenvalue weighted by atomic mass is 9.72. The largest absolute Gasteiger partial charge is 0.350 e. The van der Waals surface area contributed by atoms with Gasteiger partial charge in [0.15, 0.2) is 0 Å². The molecule has 0 aromatic heterocycles. The summed E-state index contributed by atoms with van der Waals surface area (Å²) >= 11 is 0. The van der Waals surface area contributed by atoms with Crippen molar-refractivity contribution in [1.29, 1.82) is 0 Å². The van der Waals surface area contributed by atoms with Crippen molar-refractivity contribution in [2.24, 2.45) is 10.8 Å². The smallest absolute Gasteiger partial charge is 0.234 e. The van der Waals surface area contributed by atoms with Crippen molar-refractivity contribution in [3.05, 3.63) is 0 Å². The summed E-state index contributed by atoms with van der Waals surface area (Å²) in [5.74, 6) is 0.153. The highest BCUT2D eigenvalue weighted by Crippen LogP contribution is 2.42. The fourth-order valence-electron chi connectivity index (χ4n) is 2.51. The summed E-state index contributed by atoms with van der Waals surface area (Å²) in [4.78, 5) is 11.8. The number of nitrogens with zero attached hydrogens (tertiary/aromatic N) is 1. The van der Waals surface area contributed by atoms with Crippen molar-refractivity contribution in [2.45, 2.75) is 53.6 Å². The minimum Gasteiger partial charge on any atom is -0.350 e. The molecule has 3 nitrogen and oxygen atoms in total. The van der Waals surface area contributed by atoms with Crippen LogP contribution in [0.4, 0.5) is 0 Å². The second-order valence-electron chi connectivity index (χ2n) is 6.98. The Labute approximate surface area is 109 Å². The van der Waals surface area contributed by atoms with Crippen molar-refractivity contribution >= 4 is 23.3 Å². The van der Waals surface area contributed by atoms with E-state index in [9.17, 15) is 4.79 Å². The molecule has 1 aliphatic rings. The van der Waals surface area contributed by atoms with E-state index >= 15 is 0 Å². The quantitative estimate of drug-likeness (QED) is 0.747. The third kappa shape index (κ3) is 3.63. The van der Waals surface area contributed by atoms with Gasteiger partial charge in [0.05, 0.1) is 12.6 Å². The monoisotopic (exact) mass is 276 g/mol. The van der Waals surface area contributed by atoms with Crippen molar-refractivity contribution in [3.63, 3.8) is 0 Å². The Hall–Kier alpha value is 0.290. The molecule has 0 spiro atoms. The highest BCUT2D eigenvalue weighted by Gasteiger charge is 2.45. The summed E-state index contributed by atoms with van der Waals surface area (Å²) in [5.41, 5.74) is 0.242. The fraction of sp³-hybridized carbons (Fsp3) is 0.917. The van der Waals surface area contributed by atoms with Crippen LogP contribution in [0, 0.1) is 10.8 Å². The van der Waals surface area contributed by atoms with Gasteiger partial charge < -0.3 is 5.32 Å². The molecule has 0 aromatic carbocycles. The van der Waals surface area contributed by atoms with Gasteiger partial charge in [-0.2, -0.15) is 0 Å². The number of carbonyl (C=O) groups is 1. The SMILES string of the molecule is CC(C)(C)C1NC(=O)CN(PP)C1C(C)(C)C. The van der Waals surface area contributed by atoms with Gasteiger partial charge in [0.2, 0.25) is 5.91 Å². The topological polar surface area (TPSA) is 32.3 Å². The Morgan fingerprint density at radius 1 is 1.24 bits per heavy atom. The first-order valence-corrected chi connectivity index (χ1v) is 8.85. The lowest BCUT2D eigenvalue weighted by molar-refractivity contribution is -0.128. The van der Waals surface area contributed by atoms with Crippen molar-refractivity contribution < 1.29 is 4.79 Å². The minimum atomic E-state index is 0.0800. The molecule has 1 fully saturated rings. The molecule has 1 rings (SSSR count). The number of carbonyl (C=O) groups excluding carboxylic acids is 1. The van der Waals surface area contributed by atoms with Gasteiger partial charge in [-0.05, 0) is 19.3 Å². The van der Waals surface area contributed by atoms with Gasteiger partial charge in [-0.3, -0.25) is 9.46 Å². The van der Waals surface area contributed by atoms with E-state index in [1.165, 1.54) is 0 Å². The van der Waals surface area contributed by atoms with Crippen LogP contribution >= 0.6 is 17.3 Å². The van der Waals surface area contributed by atoms with E-state index < -0.39 is 0 Å². The van der Waals surface area contributed by atoms with Gasteiger partial charge in [-0.15, -0.1) is 0 Å². The third-order valence-corrected chi connectivity index (χ3v) is 5.03. The molecular weight excluding hydrogens is 250 g/mol. The van der Waals surface area contributed by atoms with Crippen molar-refractivity contribution in [2.75, 3.05) is 6.54 Å². The predicted molar refractivity (Wildman–Crippen MR) is 79.4 cm³/mol. The first-order chi connectivity index (χ1) is 7.57. The van der Waals surface area contributed by atoms with Gasteiger partial charge in [0, 0.05) is 6.04 Å². The summed E-state index contributed by atoms with van der Waals surface area (Å²) in [7, 11) is 3.38. The maximum absolute atomic E-state index is 11.8. The van der Waals surface area contributed by atoms with Gasteiger partial charge in [0.25, 0.3) is 0 Å². The van der Waals surface area contributed by atoms with Crippen LogP contribution in [0.5, 0.6) is 0 Å². The Bertz CT molecular complexity index is 294. The first kappa shape index (κ1) is 15.3. The molecule has 1 N–H and O–H groups in total. The molecule has 0 aliphatic carbocycles. The lowest BCUT2D eigenvalue weighted by Crippen LogP contribution is -2.65. The number of piperazine rings is 1. The Morgan fingerprint density at radius 2 is 1.76 bits per heavy atom. The molecule has 100 valence electrons. The Morgan fingerprint density at radius 3 is 2.12 bits per heavy atom. The van der Waals surface area contributed by atoms with E-state index in [0.29, 0.717) is 21.0 Å². The fourth-order valence-corrected chi connectivity index (χ4v) is 4.20. The van der Waals surface area contributed by atoms with Crippen LogP contribution in [0.1, 0.15) is 41.5 Å². The average molecular weight is 276 g/mol. The van der Waals surface area contributed by atoms with E-state index in [0.717, 1.165) is 0 Å². The molecule has 0 saturated carbocycles. The van der Waals surface area contributed by atoms with E-state index in [2.05, 4.69) is 60.5 Å². The second-order valence-corrected chi connectivity index (χ2v) is 8.59. The lowest BCUT2D eigenvalue weighted by Gasteiger charge is -2.51. The van der Waals surface area contributed by atoms with Crippen LogP contribution in [0.3, 0.4) is 0 Å². The molecule has 1 heterocycles. The number of nitrogens with one attached hydrogen (secondary N) is 1. The molecule has 0 aromatic rings. The van der Waals surface area contributed by atoms with Gasteiger partial charge >= 0.3 is 0 Å². The van der Waals surface area contributed by atoms with Crippen LogP contribution in [0.25, 0.3) is 0 Å². The summed E-state index contributed by atoms with van der Waals surface area (Å²) < 4.78 is 2.30. The molecule has 17 heavy (non-hydrogen) atoms. The van der Waals surface area contributed by atoms with E-state index in [1.807, 2.05) is 0 Å². The van der Waals surface area contributed by atoms with Gasteiger partial charge in [-0.25, -0.2) is 0 Å². The molecular formula is C12H26N2OP2. The number of hydrogen-bond acceptors (Lipinski definition) is 2. The Balaban J connectivity index is 3.09. The van der Waals surface area contributed by atoms with Gasteiger partial charge in [-0.1, -0.05) is 50.5 Å². The molecule has 4 unspecified atom stereocenters. The maximum atomic E-state index is 11.8. The summed E-state index contributed by atoms with van der Waals surface area (Å²) in [6.07, 6.45) is 0. The molecule has 0 bridgehead atoms. The van der Waals surface area contributed by atoms with E-state index in [4.69, 9.17) is 0 Å². The van der Waals surface area contributed by atoms with E-state index in [1.54, 1.807) is 0 Å². The maximum Gasteiger partial charge on any atom is 0.234 e. The van der Waals surface area contributed by atoms with Crippen molar-refractivity contribution in [3.8, 4) is 0 Å². The van der Waals surface area contributed by atoms with Crippen LogP contribution in [-0.4, -0.2) is 29.2 Å². The summed E-state index contributed by atoms with van der Waals surface area (Å²) in [5, 5.41) is 3.19. The van der Waals surface area contributed by atoms with E-state index in [-0.39, 0.29) is 22.8 Å². The summed E-state index contributed by atoms with van der Waals surface area (Å²) in [6, 6.07) is 0.591. The number of hydrogen-bond donors (Lipinski definition) is 1. The molecule has 5 heteroatoms. The third-order valence-electron chi connectivity index (χ3n) is 3.27. The molecule has 1 amide bonds. The zero-order valence-electron chi connectivity index (χ0n) is 11.8. The summed E-state index contributed by atoms with van der Waals surface area (Å²) in [6.45, 7) is 13.9. The standard InChI is InChI=1S/C12H26N2OP2/c1-11(2,3)9-10(12(4,5)6)14(17-16)7-8(15)13-9/h9-10,17H,7,16H2,1-6H3,(H,13,15). The van der Waals surface area contributed by atoms with Crippen LogP contribution in [-0.2, 0) is 4.79 Å². The molecule has 4 atom stereocenters. The van der Waals surface area contributed by atoms with Crippen LogP contribution in [0.2, 0.25) is 0 Å². The molecule has 1 aliphatic heterocycles. The zero-order chi connectivity index (χ0) is 13.4. The first-order valence-electron chi connectivity index (χ1n) is 6.09. The van der Waals surface area contributed by atoms with Crippen molar-refractivity contribution in [1.82, 2.24) is 9.99 Å². The van der Waals surface area contributed by atoms with Crippen LogP contribution in [0.15, 0.2) is 0 Å². The minimum absolute atomic E-state index is 0.0800. The Kier molecular flexibility index (Phi) is 4.62. The second kappa shape index (κ2) is 5.11. The normalized spacial score (nSPS) is 28.8. The number of amides is 1. The highest BCUT2D eigenvalue weighted by atomic mass is 32.0. The average Bonchev–Trinajstić information content (AvgIpc) is 2.12. The highest BCUT2D eigenvalue weighted by molar-refractivity contribution is 8.01. The van der Waals surface area contributed by atoms with Crippen LogP contribution < -0.4 is 5.32 Å².